The van der Waals surface area contributed by atoms with Crippen LogP contribution in [0.1, 0.15) is 56.3 Å². The first-order valence-electron chi connectivity index (χ1n) is 14.2. The predicted molar refractivity (Wildman–Crippen MR) is 161 cm³/mol. The van der Waals surface area contributed by atoms with Gasteiger partial charge in [0.2, 0.25) is 0 Å². The molecule has 0 atom stereocenters. The lowest BCUT2D eigenvalue weighted by molar-refractivity contribution is 0.0642. The zero-order valence-electron chi connectivity index (χ0n) is 23.0. The number of nitrogens with zero attached hydrogens (tertiary/aromatic N) is 3. The lowest BCUT2D eigenvalue weighted by Gasteiger charge is -2.13. The molecule has 1 aliphatic rings. The Kier molecular flexibility index (Phi) is 6.71. The molecule has 6 aromatic rings. The molecule has 0 saturated heterocycles. The summed E-state index contributed by atoms with van der Waals surface area (Å²) in [7, 11) is 0. The van der Waals surface area contributed by atoms with Gasteiger partial charge in [0.25, 0.3) is 11.8 Å². The van der Waals surface area contributed by atoms with Gasteiger partial charge < -0.3 is 14.7 Å². The number of aryl methyl sites for hydroxylation is 1. The summed E-state index contributed by atoms with van der Waals surface area (Å²) < 4.78 is 6.00. The fraction of sp³-hybridized carbons (Fsp3) is 0.176. The molecule has 208 valence electrons. The maximum Gasteiger partial charge on any atom is 0.261 e. The van der Waals surface area contributed by atoms with Crippen molar-refractivity contribution in [1.29, 1.82) is 0 Å². The molecule has 0 unspecified atom stereocenters. The van der Waals surface area contributed by atoms with Crippen LogP contribution in [0, 0.1) is 0 Å². The number of nitrogens with one attached hydrogen (secondary N) is 2. The molecule has 0 saturated carbocycles. The maximum absolute atomic E-state index is 12.8. The van der Waals surface area contributed by atoms with Gasteiger partial charge in [-0.15, -0.1) is 0 Å². The molecule has 8 heteroatoms. The van der Waals surface area contributed by atoms with E-state index in [1.54, 1.807) is 24.3 Å². The average molecular weight is 556 g/mol. The van der Waals surface area contributed by atoms with Crippen LogP contribution in [0.2, 0.25) is 0 Å². The van der Waals surface area contributed by atoms with Gasteiger partial charge in [-0.2, -0.15) is 0 Å². The number of ether oxygens (including phenoxy) is 1. The molecule has 8 nitrogen and oxygen atoms in total. The summed E-state index contributed by atoms with van der Waals surface area (Å²) in [6.07, 6.45) is 3.64. The molecular weight excluding hydrogens is 526 g/mol. The second kappa shape index (κ2) is 11.0. The second-order valence-electron chi connectivity index (χ2n) is 10.6. The first-order valence-corrected chi connectivity index (χ1v) is 14.2. The summed E-state index contributed by atoms with van der Waals surface area (Å²) in [4.78, 5) is 43.1. The first kappa shape index (κ1) is 25.7. The zero-order valence-corrected chi connectivity index (χ0v) is 23.0. The Morgan fingerprint density at radius 1 is 0.667 bits per heavy atom. The first-order chi connectivity index (χ1) is 20.6. The maximum atomic E-state index is 12.8. The second-order valence-corrected chi connectivity index (χ2v) is 10.6. The van der Waals surface area contributed by atoms with Gasteiger partial charge in [0.15, 0.2) is 0 Å². The average Bonchev–Trinajstić information content (AvgIpc) is 3.67. The van der Waals surface area contributed by atoms with Crippen LogP contribution in [0.4, 0.5) is 0 Å². The Bertz CT molecular complexity index is 1890. The van der Waals surface area contributed by atoms with Crippen LogP contribution in [-0.4, -0.2) is 43.3 Å². The third kappa shape index (κ3) is 5.14. The van der Waals surface area contributed by atoms with Crippen LogP contribution in [0.3, 0.4) is 0 Å². The van der Waals surface area contributed by atoms with Gasteiger partial charge in [0, 0.05) is 6.07 Å². The Morgan fingerprint density at radius 2 is 1.31 bits per heavy atom. The fourth-order valence-electron chi connectivity index (χ4n) is 5.50. The van der Waals surface area contributed by atoms with Gasteiger partial charge >= 0.3 is 0 Å². The molecule has 0 aliphatic carbocycles. The van der Waals surface area contributed by atoms with Crippen LogP contribution in [0.5, 0.6) is 5.75 Å². The summed E-state index contributed by atoms with van der Waals surface area (Å²) in [5.74, 6) is 1.88. The molecule has 2 amide bonds. The van der Waals surface area contributed by atoms with Crippen molar-refractivity contribution >= 4 is 33.9 Å². The smallest absolute Gasteiger partial charge is 0.261 e. The number of carbonyl (C=O) groups excluding carboxylic acids is 2. The number of aromatic nitrogens is 4. The number of imidazole rings is 2. The lowest BCUT2D eigenvalue weighted by atomic mass is 10.1. The minimum atomic E-state index is -0.262. The quantitative estimate of drug-likeness (QED) is 0.154. The molecule has 0 fully saturated rings. The molecule has 1 aliphatic heterocycles. The number of fused-ring (bicyclic) bond motifs is 3. The van der Waals surface area contributed by atoms with Crippen molar-refractivity contribution in [1.82, 2.24) is 24.8 Å². The molecule has 0 radical (unpaired) electrons. The van der Waals surface area contributed by atoms with Crippen LogP contribution < -0.4 is 4.74 Å². The Balaban J connectivity index is 0.983. The minimum Gasteiger partial charge on any atom is -0.494 e. The number of hydrogen-bond acceptors (Lipinski definition) is 5. The van der Waals surface area contributed by atoms with Gasteiger partial charge in [0.05, 0.1) is 52.8 Å². The Morgan fingerprint density at radius 3 is 2.02 bits per heavy atom. The van der Waals surface area contributed by atoms with Crippen LogP contribution in [0.25, 0.3) is 22.1 Å². The molecule has 2 N–H and O–H groups in total. The van der Waals surface area contributed by atoms with E-state index in [1.165, 1.54) is 10.5 Å². The summed E-state index contributed by atoms with van der Waals surface area (Å²) >= 11 is 0. The van der Waals surface area contributed by atoms with E-state index in [0.29, 0.717) is 24.2 Å². The largest absolute Gasteiger partial charge is 0.494 e. The predicted octanol–water partition coefficient (Wildman–Crippen LogP) is 6.23. The molecule has 4 aromatic carbocycles. The van der Waals surface area contributed by atoms with E-state index in [2.05, 4.69) is 34.2 Å². The highest BCUT2D eigenvalue weighted by Crippen LogP contribution is 2.26. The highest BCUT2D eigenvalue weighted by atomic mass is 16.5. The molecular formula is C34H29N5O3. The number of rotatable bonds is 10. The van der Waals surface area contributed by atoms with Gasteiger partial charge in [-0.3, -0.25) is 14.5 Å². The van der Waals surface area contributed by atoms with Crippen molar-refractivity contribution < 1.29 is 14.3 Å². The number of imide groups is 1. The van der Waals surface area contributed by atoms with E-state index in [0.717, 1.165) is 64.3 Å². The summed E-state index contributed by atoms with van der Waals surface area (Å²) in [6.45, 7) is 0.880. The van der Waals surface area contributed by atoms with Crippen LogP contribution in [0.15, 0.2) is 91.0 Å². The van der Waals surface area contributed by atoms with E-state index in [1.807, 2.05) is 42.5 Å². The number of aromatic amines is 2. The zero-order chi connectivity index (χ0) is 28.5. The molecule has 7 rings (SSSR count). The highest BCUT2D eigenvalue weighted by molar-refractivity contribution is 6.21. The lowest BCUT2D eigenvalue weighted by Crippen LogP contribution is -2.29. The van der Waals surface area contributed by atoms with Crippen molar-refractivity contribution in [2.24, 2.45) is 0 Å². The minimum absolute atomic E-state index is 0.206. The number of carbonyl (C=O) groups is 2. The number of hydrogen-bond donors (Lipinski definition) is 2. The normalized spacial score (nSPS) is 12.9. The van der Waals surface area contributed by atoms with E-state index < -0.39 is 0 Å². The van der Waals surface area contributed by atoms with Gasteiger partial charge in [-0.1, -0.05) is 48.5 Å². The summed E-state index contributed by atoms with van der Waals surface area (Å²) in [6, 6.07) is 29.1. The number of amides is 2. The molecule has 0 bridgehead atoms. The monoisotopic (exact) mass is 555 g/mol. The van der Waals surface area contributed by atoms with Gasteiger partial charge in [-0.25, -0.2) is 9.97 Å². The summed E-state index contributed by atoms with van der Waals surface area (Å²) in [5, 5.41) is 0. The third-order valence-electron chi connectivity index (χ3n) is 7.62. The topological polar surface area (TPSA) is 104 Å². The number of unbranched alkanes of at least 4 members (excludes halogenated alkanes) is 1. The SMILES string of the molecule is O=C1c2ccccc2C(=O)N1Cc1ccc2nc(Cc3nc4ccc(OCCCCc5ccccc5)cc4[nH]3)[nH]c2c1. The van der Waals surface area contributed by atoms with Crippen molar-refractivity contribution in [2.75, 3.05) is 6.61 Å². The number of benzene rings is 4. The Labute approximate surface area is 242 Å². The molecule has 0 spiro atoms. The standard InChI is InChI=1S/C34H29N5O3/c40-33-25-11-4-5-12-26(25)34(41)39(33)21-23-13-15-27-29(18-23)37-31(35-27)20-32-36-28-16-14-24(19-30(28)38-32)42-17-7-6-10-22-8-2-1-3-9-22/h1-5,8-9,11-16,18-19H,6-7,10,17,20-21H2,(H,35,37)(H,36,38). The van der Waals surface area contributed by atoms with Gasteiger partial charge in [0.1, 0.15) is 17.4 Å². The van der Waals surface area contributed by atoms with E-state index in [9.17, 15) is 9.59 Å². The molecule has 2 aromatic heterocycles. The van der Waals surface area contributed by atoms with Crippen molar-refractivity contribution in [3.05, 3.63) is 125 Å². The van der Waals surface area contributed by atoms with Crippen LogP contribution in [-0.2, 0) is 19.4 Å². The molecule has 3 heterocycles. The Hall–Kier alpha value is -5.24. The third-order valence-corrected chi connectivity index (χ3v) is 7.62. The number of H-pyrrole nitrogens is 2. The van der Waals surface area contributed by atoms with Gasteiger partial charge in [-0.05, 0) is 66.8 Å². The van der Waals surface area contributed by atoms with Crippen molar-refractivity contribution in [3.63, 3.8) is 0 Å². The van der Waals surface area contributed by atoms with Crippen molar-refractivity contribution in [2.45, 2.75) is 32.2 Å². The van der Waals surface area contributed by atoms with E-state index in [4.69, 9.17) is 14.7 Å². The summed E-state index contributed by atoms with van der Waals surface area (Å²) in [5.41, 5.74) is 6.57. The van der Waals surface area contributed by atoms with E-state index >= 15 is 0 Å². The highest BCUT2D eigenvalue weighted by Gasteiger charge is 2.35. The van der Waals surface area contributed by atoms with E-state index in [-0.39, 0.29) is 18.4 Å². The molecule has 42 heavy (non-hydrogen) atoms. The van der Waals surface area contributed by atoms with Crippen LogP contribution >= 0.6 is 0 Å². The fourth-order valence-corrected chi connectivity index (χ4v) is 5.50. The van der Waals surface area contributed by atoms with Crippen molar-refractivity contribution in [3.8, 4) is 5.75 Å².